The Hall–Kier alpha value is -3.57. The molecular formula is C27H22ClNO4. The lowest BCUT2D eigenvalue weighted by atomic mass is 9.97. The molecule has 6 heteroatoms. The van der Waals surface area contributed by atoms with Crippen LogP contribution < -0.4 is 15.1 Å². The van der Waals surface area contributed by atoms with Crippen molar-refractivity contribution >= 4 is 34.2 Å². The van der Waals surface area contributed by atoms with Gasteiger partial charge in [0.05, 0.1) is 23.6 Å². The zero-order chi connectivity index (χ0) is 23.3. The Bertz CT molecular complexity index is 1440. The molecule has 5 rings (SSSR count). The number of hydrogen-bond acceptors (Lipinski definition) is 4. The van der Waals surface area contributed by atoms with Crippen LogP contribution in [0.3, 0.4) is 0 Å². The summed E-state index contributed by atoms with van der Waals surface area (Å²) in [5.41, 5.74) is 3.96. The van der Waals surface area contributed by atoms with Gasteiger partial charge in [-0.3, -0.25) is 14.5 Å². The van der Waals surface area contributed by atoms with Crippen LogP contribution in [0.4, 0.5) is 5.69 Å². The largest absolute Gasteiger partial charge is 0.494 e. The van der Waals surface area contributed by atoms with Crippen molar-refractivity contribution in [1.82, 2.24) is 0 Å². The van der Waals surface area contributed by atoms with Gasteiger partial charge in [-0.2, -0.15) is 0 Å². The molecule has 0 bridgehead atoms. The van der Waals surface area contributed by atoms with Gasteiger partial charge in [0.1, 0.15) is 11.3 Å². The van der Waals surface area contributed by atoms with E-state index in [0.29, 0.717) is 39.6 Å². The molecule has 33 heavy (non-hydrogen) atoms. The first-order chi connectivity index (χ1) is 15.9. The van der Waals surface area contributed by atoms with Gasteiger partial charge in [-0.1, -0.05) is 23.7 Å². The molecule has 5 nitrogen and oxygen atoms in total. The number of hydrogen-bond donors (Lipinski definition) is 0. The van der Waals surface area contributed by atoms with Gasteiger partial charge < -0.3 is 9.15 Å². The lowest BCUT2D eigenvalue weighted by Crippen LogP contribution is -2.29. The van der Waals surface area contributed by atoms with Gasteiger partial charge in [-0.15, -0.1) is 0 Å². The minimum absolute atomic E-state index is 0.0737. The molecule has 0 N–H and O–H groups in total. The molecule has 0 saturated heterocycles. The molecule has 1 aliphatic rings. The fraction of sp³-hybridized carbons (Fsp3) is 0.185. The Labute approximate surface area is 196 Å². The van der Waals surface area contributed by atoms with E-state index in [0.717, 1.165) is 16.7 Å². The summed E-state index contributed by atoms with van der Waals surface area (Å²) in [4.78, 5) is 29.0. The van der Waals surface area contributed by atoms with E-state index in [1.165, 1.54) is 0 Å². The number of benzene rings is 3. The summed E-state index contributed by atoms with van der Waals surface area (Å²) in [6.45, 7) is 6.36. The molecular weight excluding hydrogens is 438 g/mol. The first kappa shape index (κ1) is 21.3. The molecule has 0 spiro atoms. The second kappa shape index (κ2) is 8.09. The van der Waals surface area contributed by atoms with Crippen LogP contribution in [-0.4, -0.2) is 12.5 Å². The minimum atomic E-state index is -0.634. The van der Waals surface area contributed by atoms with E-state index < -0.39 is 6.04 Å². The summed E-state index contributed by atoms with van der Waals surface area (Å²) in [5.74, 6) is 0.426. The maximum atomic E-state index is 13.7. The Kier molecular flexibility index (Phi) is 5.22. The molecule has 2 heterocycles. The van der Waals surface area contributed by atoms with Crippen molar-refractivity contribution in [1.29, 1.82) is 0 Å². The van der Waals surface area contributed by atoms with Crippen molar-refractivity contribution in [3.8, 4) is 5.75 Å². The molecule has 166 valence electrons. The topological polar surface area (TPSA) is 59.8 Å². The van der Waals surface area contributed by atoms with Gasteiger partial charge in [0.15, 0.2) is 5.43 Å². The molecule has 0 radical (unpaired) electrons. The highest BCUT2D eigenvalue weighted by atomic mass is 35.5. The third-order valence-electron chi connectivity index (χ3n) is 6.10. The van der Waals surface area contributed by atoms with Gasteiger partial charge in [0.2, 0.25) is 5.76 Å². The molecule has 1 amide bonds. The zero-order valence-corrected chi connectivity index (χ0v) is 19.3. The van der Waals surface area contributed by atoms with E-state index in [4.69, 9.17) is 20.8 Å². The maximum Gasteiger partial charge on any atom is 0.295 e. The lowest BCUT2D eigenvalue weighted by molar-refractivity contribution is 0.0971. The number of ether oxygens (including phenoxy) is 1. The Morgan fingerprint density at radius 1 is 0.970 bits per heavy atom. The monoisotopic (exact) mass is 459 g/mol. The Morgan fingerprint density at radius 2 is 1.64 bits per heavy atom. The SMILES string of the molecule is CCOc1ccc(N2C(=O)c3oc4cc(C)c(C)cc4c(=O)c3C2c2ccc(Cl)cc2)cc1. The van der Waals surface area contributed by atoms with Crippen LogP contribution in [0.5, 0.6) is 5.75 Å². The highest BCUT2D eigenvalue weighted by molar-refractivity contribution is 6.30. The summed E-state index contributed by atoms with van der Waals surface area (Å²) in [6.07, 6.45) is 0. The number of anilines is 1. The molecule has 1 unspecified atom stereocenters. The summed E-state index contributed by atoms with van der Waals surface area (Å²) in [5, 5.41) is 1.05. The van der Waals surface area contributed by atoms with E-state index in [9.17, 15) is 9.59 Å². The first-order valence-corrected chi connectivity index (χ1v) is 11.2. The third kappa shape index (κ3) is 3.49. The summed E-state index contributed by atoms with van der Waals surface area (Å²) in [6, 6.07) is 17.5. The van der Waals surface area contributed by atoms with E-state index in [1.807, 2.05) is 69.3 Å². The van der Waals surface area contributed by atoms with E-state index in [-0.39, 0.29) is 17.1 Å². The van der Waals surface area contributed by atoms with Gasteiger partial charge in [-0.05, 0) is 86.0 Å². The summed E-state index contributed by atoms with van der Waals surface area (Å²) in [7, 11) is 0. The maximum absolute atomic E-state index is 13.7. The van der Waals surface area contributed by atoms with Gasteiger partial charge in [0.25, 0.3) is 5.91 Å². The van der Waals surface area contributed by atoms with E-state index in [2.05, 4.69) is 0 Å². The number of fused-ring (bicyclic) bond motifs is 2. The van der Waals surface area contributed by atoms with Gasteiger partial charge >= 0.3 is 0 Å². The van der Waals surface area contributed by atoms with Crippen molar-refractivity contribution in [2.45, 2.75) is 26.8 Å². The Balaban J connectivity index is 1.75. The number of rotatable bonds is 4. The lowest BCUT2D eigenvalue weighted by Gasteiger charge is -2.25. The van der Waals surface area contributed by atoms with Crippen LogP contribution in [0.15, 0.2) is 69.9 Å². The summed E-state index contributed by atoms with van der Waals surface area (Å²) >= 11 is 6.11. The molecule has 4 aromatic rings. The second-order valence-electron chi connectivity index (χ2n) is 8.16. The highest BCUT2D eigenvalue weighted by Gasteiger charge is 2.43. The smallest absolute Gasteiger partial charge is 0.295 e. The first-order valence-electron chi connectivity index (χ1n) is 10.8. The third-order valence-corrected chi connectivity index (χ3v) is 6.35. The fourth-order valence-corrected chi connectivity index (χ4v) is 4.45. The molecule has 3 aromatic carbocycles. The quantitative estimate of drug-likeness (QED) is 0.364. The number of nitrogens with zero attached hydrogens (tertiary/aromatic N) is 1. The normalized spacial score (nSPS) is 15.2. The number of carbonyl (C=O) groups is 1. The molecule has 1 aromatic heterocycles. The highest BCUT2D eigenvalue weighted by Crippen LogP contribution is 2.42. The second-order valence-corrected chi connectivity index (χ2v) is 8.60. The number of carbonyl (C=O) groups excluding carboxylic acids is 1. The van der Waals surface area contributed by atoms with Crippen LogP contribution in [0.1, 0.15) is 45.8 Å². The van der Waals surface area contributed by atoms with Gasteiger partial charge in [-0.25, -0.2) is 0 Å². The van der Waals surface area contributed by atoms with Gasteiger partial charge in [0, 0.05) is 10.7 Å². The molecule has 1 atom stereocenters. The van der Waals surface area contributed by atoms with Crippen molar-refractivity contribution in [2.24, 2.45) is 0 Å². The minimum Gasteiger partial charge on any atom is -0.494 e. The average molecular weight is 460 g/mol. The zero-order valence-electron chi connectivity index (χ0n) is 18.5. The standard InChI is InChI=1S/C27H22ClNO4/c1-4-32-20-11-9-19(10-12-20)29-24(17-5-7-18(28)8-6-17)23-25(30)21-13-15(2)16(3)14-22(21)33-26(23)27(29)31/h5-14,24H,4H2,1-3H3. The molecule has 0 aliphatic carbocycles. The van der Waals surface area contributed by atoms with Crippen LogP contribution in [0, 0.1) is 13.8 Å². The van der Waals surface area contributed by atoms with Crippen LogP contribution >= 0.6 is 11.6 Å². The molecule has 1 aliphatic heterocycles. The number of aryl methyl sites for hydroxylation is 2. The number of halogens is 1. The van der Waals surface area contributed by atoms with E-state index in [1.54, 1.807) is 17.0 Å². The van der Waals surface area contributed by atoms with Crippen LogP contribution in [0.25, 0.3) is 11.0 Å². The number of amides is 1. The predicted octanol–water partition coefficient (Wildman–Crippen LogP) is 6.21. The fourth-order valence-electron chi connectivity index (χ4n) is 4.32. The van der Waals surface area contributed by atoms with Crippen LogP contribution in [0.2, 0.25) is 5.02 Å². The van der Waals surface area contributed by atoms with Crippen molar-refractivity contribution in [3.63, 3.8) is 0 Å². The van der Waals surface area contributed by atoms with Crippen molar-refractivity contribution in [3.05, 3.63) is 104 Å². The van der Waals surface area contributed by atoms with Crippen molar-refractivity contribution in [2.75, 3.05) is 11.5 Å². The Morgan fingerprint density at radius 3 is 2.30 bits per heavy atom. The van der Waals surface area contributed by atoms with Crippen molar-refractivity contribution < 1.29 is 13.9 Å². The summed E-state index contributed by atoms with van der Waals surface area (Å²) < 4.78 is 11.6. The molecule has 0 saturated carbocycles. The van der Waals surface area contributed by atoms with Crippen LogP contribution in [-0.2, 0) is 0 Å². The predicted molar refractivity (Wildman–Crippen MR) is 130 cm³/mol. The van der Waals surface area contributed by atoms with E-state index >= 15 is 0 Å². The molecule has 0 fully saturated rings. The average Bonchev–Trinajstić information content (AvgIpc) is 3.09.